The lowest BCUT2D eigenvalue weighted by Gasteiger charge is -2.07. The summed E-state index contributed by atoms with van der Waals surface area (Å²) in [6, 6.07) is 8.06. The zero-order valence-electron chi connectivity index (χ0n) is 10.4. The van der Waals surface area contributed by atoms with E-state index in [0.29, 0.717) is 17.9 Å². The van der Waals surface area contributed by atoms with Gasteiger partial charge in [-0.05, 0) is 19.4 Å². The molecular formula is C13H15FN4. The van der Waals surface area contributed by atoms with E-state index >= 15 is 0 Å². The van der Waals surface area contributed by atoms with Crippen molar-refractivity contribution in [3.8, 4) is 0 Å². The molecule has 1 aromatic heterocycles. The van der Waals surface area contributed by atoms with Crippen molar-refractivity contribution in [1.82, 2.24) is 9.97 Å². The molecule has 4 nitrogen and oxygen atoms in total. The molecule has 94 valence electrons. The molecule has 2 rings (SSSR count). The van der Waals surface area contributed by atoms with Gasteiger partial charge in [-0.25, -0.2) is 20.2 Å². The van der Waals surface area contributed by atoms with Crippen molar-refractivity contribution < 1.29 is 4.39 Å². The zero-order chi connectivity index (χ0) is 13.1. The summed E-state index contributed by atoms with van der Waals surface area (Å²) in [4.78, 5) is 8.16. The number of benzene rings is 1. The predicted octanol–water partition coefficient (Wildman–Crippen LogP) is 2.11. The molecule has 0 unspecified atom stereocenters. The van der Waals surface area contributed by atoms with Gasteiger partial charge in [0.1, 0.15) is 5.82 Å². The SMILES string of the molecule is Cc1ccc(Cc2nc(C)c(F)c(NN)n2)cc1. The molecule has 0 bridgehead atoms. The Balaban J connectivity index is 2.29. The van der Waals surface area contributed by atoms with E-state index in [9.17, 15) is 4.39 Å². The molecule has 0 fully saturated rings. The summed E-state index contributed by atoms with van der Waals surface area (Å²) < 4.78 is 13.5. The van der Waals surface area contributed by atoms with Crippen LogP contribution in [0.1, 0.15) is 22.6 Å². The van der Waals surface area contributed by atoms with E-state index in [2.05, 4.69) is 15.4 Å². The van der Waals surface area contributed by atoms with Gasteiger partial charge < -0.3 is 5.43 Å². The highest BCUT2D eigenvalue weighted by atomic mass is 19.1. The van der Waals surface area contributed by atoms with Gasteiger partial charge in [-0.3, -0.25) is 0 Å². The second kappa shape index (κ2) is 5.10. The lowest BCUT2D eigenvalue weighted by molar-refractivity contribution is 0.601. The number of hydrogen-bond donors (Lipinski definition) is 2. The zero-order valence-corrected chi connectivity index (χ0v) is 10.4. The van der Waals surface area contributed by atoms with Gasteiger partial charge in [-0.2, -0.15) is 0 Å². The van der Waals surface area contributed by atoms with Crippen LogP contribution in [-0.2, 0) is 6.42 Å². The molecule has 0 spiro atoms. The van der Waals surface area contributed by atoms with Crippen LogP contribution >= 0.6 is 0 Å². The maximum Gasteiger partial charge on any atom is 0.187 e. The summed E-state index contributed by atoms with van der Waals surface area (Å²) in [6.07, 6.45) is 0.552. The molecule has 0 radical (unpaired) electrons. The average Bonchev–Trinajstić information content (AvgIpc) is 2.36. The number of hydrogen-bond acceptors (Lipinski definition) is 4. The molecule has 0 aliphatic rings. The van der Waals surface area contributed by atoms with Gasteiger partial charge in [0.15, 0.2) is 11.6 Å². The monoisotopic (exact) mass is 246 g/mol. The van der Waals surface area contributed by atoms with Crippen molar-refractivity contribution in [3.05, 3.63) is 52.7 Å². The van der Waals surface area contributed by atoms with Gasteiger partial charge in [0.2, 0.25) is 0 Å². The molecule has 0 aliphatic heterocycles. The van der Waals surface area contributed by atoms with Crippen LogP contribution in [0.15, 0.2) is 24.3 Å². The minimum Gasteiger partial charge on any atom is -0.306 e. The Morgan fingerprint density at radius 1 is 1.17 bits per heavy atom. The van der Waals surface area contributed by atoms with Crippen LogP contribution in [0.5, 0.6) is 0 Å². The third kappa shape index (κ3) is 2.62. The largest absolute Gasteiger partial charge is 0.306 e. The lowest BCUT2D eigenvalue weighted by atomic mass is 10.1. The summed E-state index contributed by atoms with van der Waals surface area (Å²) in [6.45, 7) is 3.62. The first-order chi connectivity index (χ1) is 8.60. The molecule has 0 amide bonds. The number of aryl methyl sites for hydroxylation is 2. The van der Waals surface area contributed by atoms with Crippen LogP contribution in [-0.4, -0.2) is 9.97 Å². The molecule has 1 aromatic carbocycles. The van der Waals surface area contributed by atoms with Gasteiger partial charge in [0.25, 0.3) is 0 Å². The number of halogens is 1. The molecule has 2 aromatic rings. The van der Waals surface area contributed by atoms with E-state index in [1.165, 1.54) is 5.56 Å². The fraction of sp³-hybridized carbons (Fsp3) is 0.231. The Labute approximate surface area is 105 Å². The van der Waals surface area contributed by atoms with Crippen molar-refractivity contribution in [2.75, 3.05) is 5.43 Å². The van der Waals surface area contributed by atoms with E-state index < -0.39 is 5.82 Å². The Kier molecular flexibility index (Phi) is 3.53. The molecule has 3 N–H and O–H groups in total. The van der Waals surface area contributed by atoms with Crippen molar-refractivity contribution >= 4 is 5.82 Å². The van der Waals surface area contributed by atoms with Crippen LogP contribution in [0.3, 0.4) is 0 Å². The van der Waals surface area contributed by atoms with Crippen LogP contribution < -0.4 is 11.3 Å². The van der Waals surface area contributed by atoms with Crippen LogP contribution in [0, 0.1) is 19.7 Å². The highest BCUT2D eigenvalue weighted by Gasteiger charge is 2.10. The Morgan fingerprint density at radius 3 is 2.44 bits per heavy atom. The number of nitrogens with two attached hydrogens (primary N) is 1. The van der Waals surface area contributed by atoms with Crippen molar-refractivity contribution in [3.63, 3.8) is 0 Å². The summed E-state index contributed by atoms with van der Waals surface area (Å²) in [5.41, 5.74) is 4.81. The highest BCUT2D eigenvalue weighted by Crippen LogP contribution is 2.15. The summed E-state index contributed by atoms with van der Waals surface area (Å²) >= 11 is 0. The van der Waals surface area contributed by atoms with E-state index in [-0.39, 0.29) is 5.82 Å². The van der Waals surface area contributed by atoms with Crippen molar-refractivity contribution in [2.24, 2.45) is 5.84 Å². The van der Waals surface area contributed by atoms with Gasteiger partial charge in [0, 0.05) is 6.42 Å². The first kappa shape index (κ1) is 12.4. The first-order valence-electron chi connectivity index (χ1n) is 5.65. The molecule has 0 saturated carbocycles. The van der Waals surface area contributed by atoms with Crippen molar-refractivity contribution in [1.29, 1.82) is 0 Å². The minimum absolute atomic E-state index is 0.0320. The number of nitrogens with zero attached hydrogens (tertiary/aromatic N) is 2. The predicted molar refractivity (Wildman–Crippen MR) is 68.5 cm³/mol. The van der Waals surface area contributed by atoms with E-state index in [0.717, 1.165) is 5.56 Å². The molecule has 18 heavy (non-hydrogen) atoms. The Bertz CT molecular complexity index is 552. The van der Waals surface area contributed by atoms with E-state index in [1.807, 2.05) is 31.2 Å². The van der Waals surface area contributed by atoms with E-state index in [4.69, 9.17) is 5.84 Å². The van der Waals surface area contributed by atoms with Crippen LogP contribution in [0.25, 0.3) is 0 Å². The van der Waals surface area contributed by atoms with Crippen LogP contribution in [0.2, 0.25) is 0 Å². The molecule has 0 aliphatic carbocycles. The number of aromatic nitrogens is 2. The fourth-order valence-corrected chi connectivity index (χ4v) is 1.68. The lowest BCUT2D eigenvalue weighted by Crippen LogP contribution is -2.14. The Morgan fingerprint density at radius 2 is 1.83 bits per heavy atom. The molecule has 1 heterocycles. The molecule has 5 heteroatoms. The number of nitrogen functional groups attached to an aromatic ring is 1. The van der Waals surface area contributed by atoms with Gasteiger partial charge >= 0.3 is 0 Å². The maximum atomic E-state index is 13.5. The first-order valence-corrected chi connectivity index (χ1v) is 5.65. The molecular weight excluding hydrogens is 231 g/mol. The van der Waals surface area contributed by atoms with Gasteiger partial charge in [-0.15, -0.1) is 0 Å². The van der Waals surface area contributed by atoms with Crippen molar-refractivity contribution in [2.45, 2.75) is 20.3 Å². The topological polar surface area (TPSA) is 63.8 Å². The fourth-order valence-electron chi connectivity index (χ4n) is 1.68. The summed E-state index contributed by atoms with van der Waals surface area (Å²) in [5, 5.41) is 0. The number of anilines is 1. The Hall–Kier alpha value is -2.01. The normalized spacial score (nSPS) is 10.4. The highest BCUT2D eigenvalue weighted by molar-refractivity contribution is 5.37. The smallest absolute Gasteiger partial charge is 0.187 e. The van der Waals surface area contributed by atoms with Gasteiger partial charge in [0.05, 0.1) is 5.69 Å². The molecule has 0 atom stereocenters. The number of rotatable bonds is 3. The summed E-state index contributed by atoms with van der Waals surface area (Å²) in [5.74, 6) is 5.29. The third-order valence-corrected chi connectivity index (χ3v) is 2.68. The summed E-state index contributed by atoms with van der Waals surface area (Å²) in [7, 11) is 0. The standard InChI is InChI=1S/C13H15FN4/c1-8-3-5-10(6-4-8)7-11-16-9(2)12(14)13(17-11)18-15/h3-6H,7,15H2,1-2H3,(H,16,17,18). The second-order valence-corrected chi connectivity index (χ2v) is 4.19. The minimum atomic E-state index is -0.509. The third-order valence-electron chi connectivity index (χ3n) is 2.68. The van der Waals surface area contributed by atoms with E-state index in [1.54, 1.807) is 6.92 Å². The molecule has 0 saturated heterocycles. The maximum absolute atomic E-state index is 13.5. The van der Waals surface area contributed by atoms with Gasteiger partial charge in [-0.1, -0.05) is 29.8 Å². The second-order valence-electron chi connectivity index (χ2n) is 4.19. The quantitative estimate of drug-likeness (QED) is 0.643. The number of nitrogens with one attached hydrogen (secondary N) is 1. The average molecular weight is 246 g/mol. The number of hydrazine groups is 1. The van der Waals surface area contributed by atoms with Crippen LogP contribution in [0.4, 0.5) is 10.2 Å².